The molecule has 4 aliphatic rings. The maximum Gasteiger partial charge on any atom is 0.0901 e. The number of piperidine rings is 1. The highest BCUT2D eigenvalue weighted by atomic mass is 16.3. The second-order valence-corrected chi connectivity index (χ2v) is 9.14. The summed E-state index contributed by atoms with van der Waals surface area (Å²) in [7, 11) is 0. The molecule has 2 heteroatoms. The molecule has 1 heterocycles. The fraction of sp³-hybridized carbons (Fsp3) is 0.727. The summed E-state index contributed by atoms with van der Waals surface area (Å²) in [5, 5.41) is 12.0. The van der Waals surface area contributed by atoms with Gasteiger partial charge in [0.1, 0.15) is 0 Å². The van der Waals surface area contributed by atoms with Crippen molar-refractivity contribution in [1.82, 2.24) is 4.90 Å². The Bertz CT molecular complexity index is 651. The molecule has 3 atom stereocenters. The highest BCUT2D eigenvalue weighted by Crippen LogP contribution is 2.58. The minimum atomic E-state index is -0.492. The van der Waals surface area contributed by atoms with Crippen molar-refractivity contribution in [1.29, 1.82) is 0 Å². The lowest BCUT2D eigenvalue weighted by molar-refractivity contribution is -0.169. The molecule has 1 N–H and O–H groups in total. The molecule has 0 aromatic heterocycles. The standard InChI is InChI=1S/C22H31NO/c1-16-7-8-18-14-20-22(24)10-3-2-9-21(22,19(18)13-16)11-12-23(20)15-17-5-4-6-17/h7-8,13,17,20,24H,2-6,9-12,14-15H2,1H3. The predicted octanol–water partition coefficient (Wildman–Crippen LogP) is 3.97. The summed E-state index contributed by atoms with van der Waals surface area (Å²) in [6, 6.07) is 7.39. The SMILES string of the molecule is Cc1ccc2c(c1)C13CCCCC1(O)C(C2)N(CC1CCC1)CC3. The topological polar surface area (TPSA) is 23.5 Å². The largest absolute Gasteiger partial charge is 0.387 e. The van der Waals surface area contributed by atoms with Crippen LogP contribution >= 0.6 is 0 Å². The second kappa shape index (κ2) is 5.32. The Morgan fingerprint density at radius 3 is 2.75 bits per heavy atom. The fourth-order valence-corrected chi connectivity index (χ4v) is 6.44. The first-order valence-corrected chi connectivity index (χ1v) is 10.2. The number of nitrogens with zero attached hydrogens (tertiary/aromatic N) is 1. The summed E-state index contributed by atoms with van der Waals surface area (Å²) in [4.78, 5) is 2.69. The molecular weight excluding hydrogens is 294 g/mol. The Hall–Kier alpha value is -0.860. The number of hydrogen-bond acceptors (Lipinski definition) is 2. The van der Waals surface area contributed by atoms with Gasteiger partial charge in [0, 0.05) is 18.0 Å². The zero-order valence-electron chi connectivity index (χ0n) is 15.1. The van der Waals surface area contributed by atoms with Crippen molar-refractivity contribution < 1.29 is 5.11 Å². The summed E-state index contributed by atoms with van der Waals surface area (Å²) in [5.74, 6) is 0.893. The predicted molar refractivity (Wildman–Crippen MR) is 97.3 cm³/mol. The maximum atomic E-state index is 12.0. The van der Waals surface area contributed by atoms with Gasteiger partial charge in [0.05, 0.1) is 5.60 Å². The number of rotatable bonds is 2. The highest BCUT2D eigenvalue weighted by Gasteiger charge is 2.63. The van der Waals surface area contributed by atoms with Crippen molar-refractivity contribution in [3.05, 3.63) is 34.9 Å². The van der Waals surface area contributed by atoms with Crippen molar-refractivity contribution in [3.8, 4) is 0 Å². The Labute approximate surface area is 146 Å². The van der Waals surface area contributed by atoms with Crippen LogP contribution in [-0.2, 0) is 11.8 Å². The monoisotopic (exact) mass is 325 g/mol. The van der Waals surface area contributed by atoms with Gasteiger partial charge >= 0.3 is 0 Å². The number of aliphatic hydroxyl groups is 1. The van der Waals surface area contributed by atoms with Crippen LogP contribution in [0.25, 0.3) is 0 Å². The molecule has 2 saturated carbocycles. The first-order valence-electron chi connectivity index (χ1n) is 10.2. The van der Waals surface area contributed by atoms with Gasteiger partial charge in [-0.1, -0.05) is 43.0 Å². The summed E-state index contributed by atoms with van der Waals surface area (Å²) in [5.41, 5.74) is 3.92. The minimum Gasteiger partial charge on any atom is -0.387 e. The van der Waals surface area contributed by atoms with Crippen LogP contribution in [0.5, 0.6) is 0 Å². The van der Waals surface area contributed by atoms with Crippen molar-refractivity contribution in [2.45, 2.75) is 81.8 Å². The zero-order chi connectivity index (χ0) is 16.4. The van der Waals surface area contributed by atoms with Gasteiger partial charge < -0.3 is 5.11 Å². The van der Waals surface area contributed by atoms with Crippen molar-refractivity contribution in [3.63, 3.8) is 0 Å². The summed E-state index contributed by atoms with van der Waals surface area (Å²) < 4.78 is 0. The average molecular weight is 325 g/mol. The lowest BCUT2D eigenvalue weighted by atomic mass is 9.49. The van der Waals surface area contributed by atoms with Crippen LogP contribution in [0.3, 0.4) is 0 Å². The van der Waals surface area contributed by atoms with E-state index < -0.39 is 5.60 Å². The van der Waals surface area contributed by atoms with Crippen LogP contribution in [0.2, 0.25) is 0 Å². The molecule has 1 aromatic rings. The molecule has 0 spiro atoms. The Morgan fingerprint density at radius 1 is 1.12 bits per heavy atom. The highest BCUT2D eigenvalue weighted by molar-refractivity contribution is 5.46. The van der Waals surface area contributed by atoms with Crippen LogP contribution in [-0.4, -0.2) is 34.7 Å². The quantitative estimate of drug-likeness (QED) is 0.889. The van der Waals surface area contributed by atoms with Crippen LogP contribution in [0.4, 0.5) is 0 Å². The smallest absolute Gasteiger partial charge is 0.0901 e. The summed E-state index contributed by atoms with van der Waals surface area (Å²) >= 11 is 0. The normalized spacial score (nSPS) is 39.0. The molecule has 1 saturated heterocycles. The van der Waals surface area contributed by atoms with E-state index in [9.17, 15) is 5.11 Å². The van der Waals surface area contributed by atoms with Gasteiger partial charge in [-0.15, -0.1) is 0 Å². The summed E-state index contributed by atoms with van der Waals surface area (Å²) in [6.07, 6.45) is 11.1. The van der Waals surface area contributed by atoms with E-state index in [1.807, 2.05) is 0 Å². The van der Waals surface area contributed by atoms with Crippen molar-refractivity contribution in [2.24, 2.45) is 5.92 Å². The van der Waals surface area contributed by atoms with Crippen LogP contribution in [0.15, 0.2) is 18.2 Å². The zero-order valence-corrected chi connectivity index (χ0v) is 15.1. The first kappa shape index (κ1) is 15.4. The van der Waals surface area contributed by atoms with Gasteiger partial charge in [0.2, 0.25) is 0 Å². The number of fused-ring (bicyclic) bond motifs is 1. The third-order valence-electron chi connectivity index (χ3n) is 7.97. The van der Waals surface area contributed by atoms with Crippen LogP contribution < -0.4 is 0 Å². The van der Waals surface area contributed by atoms with E-state index >= 15 is 0 Å². The molecule has 0 radical (unpaired) electrons. The lowest BCUT2D eigenvalue weighted by Crippen LogP contribution is -2.72. The molecule has 2 bridgehead atoms. The van der Waals surface area contributed by atoms with Crippen molar-refractivity contribution >= 4 is 0 Å². The van der Waals surface area contributed by atoms with Crippen LogP contribution in [0, 0.1) is 12.8 Å². The molecule has 130 valence electrons. The number of likely N-dealkylation sites (tertiary alicyclic amines) is 1. The lowest BCUT2D eigenvalue weighted by Gasteiger charge is -2.64. The molecule has 3 unspecified atom stereocenters. The van der Waals surface area contributed by atoms with E-state index in [0.717, 1.165) is 25.2 Å². The number of benzene rings is 1. The third-order valence-corrected chi connectivity index (χ3v) is 7.97. The third kappa shape index (κ3) is 1.96. The van der Waals surface area contributed by atoms with Gasteiger partial charge in [-0.3, -0.25) is 4.90 Å². The first-order chi connectivity index (χ1) is 11.6. The van der Waals surface area contributed by atoms with Gasteiger partial charge in [0.25, 0.3) is 0 Å². The Morgan fingerprint density at radius 2 is 1.96 bits per heavy atom. The van der Waals surface area contributed by atoms with E-state index in [4.69, 9.17) is 0 Å². The molecule has 1 aromatic carbocycles. The second-order valence-electron chi connectivity index (χ2n) is 9.14. The minimum absolute atomic E-state index is 0.0334. The van der Waals surface area contributed by atoms with Gasteiger partial charge in [-0.05, 0) is 69.0 Å². The molecule has 1 aliphatic heterocycles. The van der Waals surface area contributed by atoms with E-state index in [0.29, 0.717) is 6.04 Å². The molecular formula is C22H31NO. The molecule has 3 aliphatic carbocycles. The molecule has 24 heavy (non-hydrogen) atoms. The number of hydrogen-bond donors (Lipinski definition) is 1. The van der Waals surface area contributed by atoms with Crippen LogP contribution in [0.1, 0.15) is 68.1 Å². The van der Waals surface area contributed by atoms with Gasteiger partial charge in [-0.25, -0.2) is 0 Å². The van der Waals surface area contributed by atoms with Gasteiger partial charge in [0.15, 0.2) is 0 Å². The van der Waals surface area contributed by atoms with E-state index in [2.05, 4.69) is 30.0 Å². The van der Waals surface area contributed by atoms with Gasteiger partial charge in [-0.2, -0.15) is 0 Å². The Kier molecular flexibility index (Phi) is 3.41. The molecule has 2 nitrogen and oxygen atoms in total. The molecule has 0 amide bonds. The maximum absolute atomic E-state index is 12.0. The van der Waals surface area contributed by atoms with Crippen molar-refractivity contribution in [2.75, 3.05) is 13.1 Å². The Balaban J connectivity index is 1.59. The molecule has 5 rings (SSSR count). The average Bonchev–Trinajstić information content (AvgIpc) is 2.53. The van der Waals surface area contributed by atoms with E-state index in [1.165, 1.54) is 68.3 Å². The van der Waals surface area contributed by atoms with E-state index in [1.54, 1.807) is 0 Å². The molecule has 3 fully saturated rings. The summed E-state index contributed by atoms with van der Waals surface area (Å²) in [6.45, 7) is 4.62. The fourth-order valence-electron chi connectivity index (χ4n) is 6.44. The van der Waals surface area contributed by atoms with E-state index in [-0.39, 0.29) is 5.41 Å². The number of aryl methyl sites for hydroxylation is 1.